The van der Waals surface area contributed by atoms with Crippen LogP contribution in [0, 0.1) is 6.92 Å². The van der Waals surface area contributed by atoms with Crippen LogP contribution in [0.15, 0.2) is 41.6 Å². The summed E-state index contributed by atoms with van der Waals surface area (Å²) in [7, 11) is 0. The molecular weight excluding hydrogens is 365 g/mol. The zero-order valence-electron chi connectivity index (χ0n) is 13.1. The van der Waals surface area contributed by atoms with E-state index in [1.807, 2.05) is 32.0 Å². The van der Waals surface area contributed by atoms with E-state index >= 15 is 0 Å². The van der Waals surface area contributed by atoms with Crippen LogP contribution in [0.5, 0.6) is 0 Å². The summed E-state index contributed by atoms with van der Waals surface area (Å²) in [6.45, 7) is 3.85. The van der Waals surface area contributed by atoms with Gasteiger partial charge in [0.2, 0.25) is 5.91 Å². The van der Waals surface area contributed by atoms with Crippen molar-refractivity contribution in [3.05, 3.63) is 52.0 Å². The molecule has 4 nitrogen and oxygen atoms in total. The first-order valence-corrected chi connectivity index (χ1v) is 8.94. The number of hydrogen-bond acceptors (Lipinski definition) is 3. The molecule has 1 aromatic heterocycles. The van der Waals surface area contributed by atoms with Crippen LogP contribution < -0.4 is 5.32 Å². The van der Waals surface area contributed by atoms with Gasteiger partial charge in [0, 0.05) is 15.7 Å². The van der Waals surface area contributed by atoms with Gasteiger partial charge in [-0.25, -0.2) is 4.98 Å². The van der Waals surface area contributed by atoms with Gasteiger partial charge in [0.05, 0.1) is 16.3 Å². The summed E-state index contributed by atoms with van der Waals surface area (Å²) < 4.78 is 0. The van der Waals surface area contributed by atoms with E-state index < -0.39 is 0 Å². The van der Waals surface area contributed by atoms with E-state index in [0.717, 1.165) is 16.6 Å². The molecule has 3 rings (SSSR count). The van der Waals surface area contributed by atoms with E-state index in [1.165, 1.54) is 11.8 Å². The minimum atomic E-state index is -0.329. The molecule has 3 aromatic rings. The number of imidazole rings is 1. The number of fused-ring (bicyclic) bond motifs is 1. The molecule has 1 heterocycles. The van der Waals surface area contributed by atoms with Crippen molar-refractivity contribution in [2.24, 2.45) is 0 Å². The quantitative estimate of drug-likeness (QED) is 0.604. The molecule has 0 aliphatic rings. The fraction of sp³-hybridized carbons (Fsp3) is 0.176. The molecule has 0 saturated heterocycles. The second-order valence-electron chi connectivity index (χ2n) is 5.47. The molecule has 1 amide bonds. The summed E-state index contributed by atoms with van der Waals surface area (Å²) in [6, 6.07) is 10.9. The van der Waals surface area contributed by atoms with Gasteiger partial charge in [-0.15, -0.1) is 0 Å². The maximum absolute atomic E-state index is 12.3. The molecule has 2 N–H and O–H groups in total. The Balaban J connectivity index is 1.70. The van der Waals surface area contributed by atoms with Gasteiger partial charge in [0.1, 0.15) is 0 Å². The SMILES string of the molecule is Cc1ccc2nc(S[C@H](C)C(=O)Nc3cc(Cl)cc(Cl)c3)[nH]c2c1. The molecule has 0 radical (unpaired) electrons. The molecule has 0 unspecified atom stereocenters. The summed E-state index contributed by atoms with van der Waals surface area (Å²) in [5.74, 6) is -0.144. The molecule has 1 atom stereocenters. The van der Waals surface area contributed by atoms with Crippen LogP contribution in [-0.2, 0) is 4.79 Å². The first-order valence-electron chi connectivity index (χ1n) is 7.31. The Morgan fingerprint density at radius 3 is 2.62 bits per heavy atom. The van der Waals surface area contributed by atoms with E-state index in [4.69, 9.17) is 23.2 Å². The fourth-order valence-electron chi connectivity index (χ4n) is 2.25. The molecule has 0 bridgehead atoms. The number of hydrogen-bond donors (Lipinski definition) is 2. The summed E-state index contributed by atoms with van der Waals surface area (Å²) in [5.41, 5.74) is 3.58. The van der Waals surface area contributed by atoms with Crippen LogP contribution in [-0.4, -0.2) is 21.1 Å². The Kier molecular flexibility index (Phi) is 5.04. The zero-order chi connectivity index (χ0) is 17.3. The van der Waals surface area contributed by atoms with Gasteiger partial charge < -0.3 is 10.3 Å². The lowest BCUT2D eigenvalue weighted by Crippen LogP contribution is -2.22. The highest BCUT2D eigenvalue weighted by atomic mass is 35.5. The number of thioether (sulfide) groups is 1. The van der Waals surface area contributed by atoms with Crippen LogP contribution in [0.1, 0.15) is 12.5 Å². The van der Waals surface area contributed by atoms with Crippen molar-refractivity contribution >= 4 is 57.6 Å². The Labute approximate surface area is 153 Å². The highest BCUT2D eigenvalue weighted by Gasteiger charge is 2.17. The zero-order valence-corrected chi connectivity index (χ0v) is 15.4. The second kappa shape index (κ2) is 7.05. The van der Waals surface area contributed by atoms with Crippen molar-refractivity contribution in [1.82, 2.24) is 9.97 Å². The van der Waals surface area contributed by atoms with Gasteiger partial charge in [-0.2, -0.15) is 0 Å². The predicted molar refractivity (Wildman–Crippen MR) is 101 cm³/mol. The number of aryl methyl sites for hydroxylation is 1. The van der Waals surface area contributed by atoms with Gasteiger partial charge in [-0.3, -0.25) is 4.79 Å². The topological polar surface area (TPSA) is 57.8 Å². The third kappa shape index (κ3) is 4.04. The average Bonchev–Trinajstić information content (AvgIpc) is 2.87. The molecule has 24 heavy (non-hydrogen) atoms. The number of amides is 1. The highest BCUT2D eigenvalue weighted by molar-refractivity contribution is 8.00. The Hall–Kier alpha value is -1.69. The fourth-order valence-corrected chi connectivity index (χ4v) is 3.59. The first kappa shape index (κ1) is 17.1. The van der Waals surface area contributed by atoms with E-state index in [9.17, 15) is 4.79 Å². The van der Waals surface area contributed by atoms with Gasteiger partial charge >= 0.3 is 0 Å². The summed E-state index contributed by atoms with van der Waals surface area (Å²) in [6.07, 6.45) is 0. The Morgan fingerprint density at radius 1 is 1.21 bits per heavy atom. The second-order valence-corrected chi connectivity index (χ2v) is 7.67. The number of carbonyl (C=O) groups excluding carboxylic acids is 1. The van der Waals surface area contributed by atoms with Crippen LogP contribution in [0.2, 0.25) is 10.0 Å². The standard InChI is InChI=1S/C17H15Cl2N3OS/c1-9-3-4-14-15(5-9)22-17(21-14)24-10(2)16(23)20-13-7-11(18)6-12(19)8-13/h3-8,10H,1-2H3,(H,20,23)(H,21,22)/t10-/m1/s1. The van der Waals surface area contributed by atoms with Gasteiger partial charge in [0.15, 0.2) is 5.16 Å². The number of H-pyrrole nitrogens is 1. The number of halogens is 2. The van der Waals surface area contributed by atoms with Gasteiger partial charge in [0.25, 0.3) is 0 Å². The van der Waals surface area contributed by atoms with Gasteiger partial charge in [-0.05, 0) is 49.7 Å². The lowest BCUT2D eigenvalue weighted by Gasteiger charge is -2.11. The van der Waals surface area contributed by atoms with Crippen molar-refractivity contribution in [3.63, 3.8) is 0 Å². The molecule has 7 heteroatoms. The maximum atomic E-state index is 12.3. The van der Waals surface area contributed by atoms with Crippen LogP contribution in [0.3, 0.4) is 0 Å². The molecule has 0 aliphatic carbocycles. The molecular formula is C17H15Cl2N3OS. The number of aromatic amines is 1. The van der Waals surface area contributed by atoms with Crippen molar-refractivity contribution in [1.29, 1.82) is 0 Å². The Morgan fingerprint density at radius 2 is 1.92 bits per heavy atom. The van der Waals surface area contributed by atoms with E-state index in [-0.39, 0.29) is 11.2 Å². The smallest absolute Gasteiger partial charge is 0.237 e. The molecule has 0 aliphatic heterocycles. The number of benzene rings is 2. The van der Waals surface area contributed by atoms with Crippen molar-refractivity contribution in [2.75, 3.05) is 5.32 Å². The van der Waals surface area contributed by atoms with Crippen LogP contribution in [0.25, 0.3) is 11.0 Å². The molecule has 124 valence electrons. The molecule has 0 fully saturated rings. The predicted octanol–water partition coefficient (Wildman–Crippen LogP) is 5.30. The van der Waals surface area contributed by atoms with E-state index in [0.29, 0.717) is 20.9 Å². The van der Waals surface area contributed by atoms with Crippen molar-refractivity contribution in [3.8, 4) is 0 Å². The minimum Gasteiger partial charge on any atom is -0.333 e. The van der Waals surface area contributed by atoms with Crippen LogP contribution >= 0.6 is 35.0 Å². The number of aromatic nitrogens is 2. The average molecular weight is 380 g/mol. The number of carbonyl (C=O) groups is 1. The van der Waals surface area contributed by atoms with E-state index in [1.54, 1.807) is 18.2 Å². The number of nitrogens with zero attached hydrogens (tertiary/aromatic N) is 1. The van der Waals surface area contributed by atoms with Crippen molar-refractivity contribution in [2.45, 2.75) is 24.3 Å². The number of rotatable bonds is 4. The minimum absolute atomic E-state index is 0.144. The highest BCUT2D eigenvalue weighted by Crippen LogP contribution is 2.26. The largest absolute Gasteiger partial charge is 0.333 e. The lowest BCUT2D eigenvalue weighted by atomic mass is 10.2. The molecule has 2 aromatic carbocycles. The van der Waals surface area contributed by atoms with E-state index in [2.05, 4.69) is 15.3 Å². The monoisotopic (exact) mass is 379 g/mol. The summed E-state index contributed by atoms with van der Waals surface area (Å²) in [5, 5.41) is 4.15. The van der Waals surface area contributed by atoms with Crippen LogP contribution in [0.4, 0.5) is 5.69 Å². The van der Waals surface area contributed by atoms with Gasteiger partial charge in [-0.1, -0.05) is 41.0 Å². The summed E-state index contributed by atoms with van der Waals surface area (Å²) in [4.78, 5) is 20.1. The maximum Gasteiger partial charge on any atom is 0.237 e. The third-order valence-electron chi connectivity index (χ3n) is 3.40. The summed E-state index contributed by atoms with van der Waals surface area (Å²) >= 11 is 13.3. The lowest BCUT2D eigenvalue weighted by molar-refractivity contribution is -0.115. The normalized spacial score (nSPS) is 12.3. The first-order chi connectivity index (χ1) is 11.4. The van der Waals surface area contributed by atoms with Crippen molar-refractivity contribution < 1.29 is 4.79 Å². The molecule has 0 saturated carbocycles. The molecule has 0 spiro atoms. The number of nitrogens with one attached hydrogen (secondary N) is 2. The number of anilines is 1. The third-order valence-corrected chi connectivity index (χ3v) is 4.82. The Bertz CT molecular complexity index is 890.